The van der Waals surface area contributed by atoms with Crippen molar-refractivity contribution in [2.75, 3.05) is 0 Å². The van der Waals surface area contributed by atoms with E-state index in [9.17, 15) is 9.59 Å². The van der Waals surface area contributed by atoms with Gasteiger partial charge in [0.15, 0.2) is 0 Å². The third kappa shape index (κ3) is 2.68. The molecule has 0 radical (unpaired) electrons. The number of pyridine rings is 1. The fourth-order valence-electron chi connectivity index (χ4n) is 2.29. The maximum atomic E-state index is 12.0. The molecule has 6 heteroatoms. The lowest BCUT2D eigenvalue weighted by Crippen LogP contribution is -2.19. The molecule has 0 aliphatic rings. The second-order valence-corrected chi connectivity index (χ2v) is 4.96. The first-order valence-electron chi connectivity index (χ1n) is 6.87. The predicted octanol–water partition coefficient (Wildman–Crippen LogP) is 1.67. The first-order chi connectivity index (χ1) is 11.1. The van der Waals surface area contributed by atoms with Gasteiger partial charge >= 0.3 is 0 Å². The van der Waals surface area contributed by atoms with Crippen molar-refractivity contribution in [3.8, 4) is 28.6 Å². The van der Waals surface area contributed by atoms with Gasteiger partial charge in [-0.1, -0.05) is 30.3 Å². The third-order valence-corrected chi connectivity index (χ3v) is 3.46. The Hall–Kier alpha value is -3.46. The average Bonchev–Trinajstić information content (AvgIpc) is 2.58. The van der Waals surface area contributed by atoms with Crippen LogP contribution in [-0.4, -0.2) is 14.8 Å². The lowest BCUT2D eigenvalue weighted by Gasteiger charge is -2.10. The number of nitrogens with one attached hydrogen (secondary N) is 1. The number of aryl methyl sites for hydroxylation is 1. The molecular weight excluding hydrogens is 292 g/mol. The summed E-state index contributed by atoms with van der Waals surface area (Å²) in [7, 11) is 1.55. The molecule has 0 spiro atoms. The van der Waals surface area contributed by atoms with E-state index in [-0.39, 0.29) is 11.1 Å². The molecule has 0 amide bonds. The zero-order chi connectivity index (χ0) is 16.4. The SMILES string of the molecule is Cn1nc(-c2cc(C#N)c(=O)[nH]c2-c2ccccc2)ccc1=O. The average molecular weight is 304 g/mol. The summed E-state index contributed by atoms with van der Waals surface area (Å²) >= 11 is 0. The molecule has 6 nitrogen and oxygen atoms in total. The second-order valence-electron chi connectivity index (χ2n) is 4.96. The fraction of sp³-hybridized carbons (Fsp3) is 0.0588. The maximum absolute atomic E-state index is 12.0. The molecular formula is C17H12N4O2. The van der Waals surface area contributed by atoms with Gasteiger partial charge in [-0.3, -0.25) is 9.59 Å². The molecule has 3 rings (SSSR count). The molecule has 112 valence electrons. The Bertz CT molecular complexity index is 1030. The normalized spacial score (nSPS) is 10.3. The first-order valence-corrected chi connectivity index (χ1v) is 6.87. The lowest BCUT2D eigenvalue weighted by atomic mass is 10.0. The minimum atomic E-state index is -0.458. The molecule has 0 atom stereocenters. The van der Waals surface area contributed by atoms with Gasteiger partial charge in [0.1, 0.15) is 11.6 Å². The van der Waals surface area contributed by atoms with Gasteiger partial charge in [-0.15, -0.1) is 0 Å². The molecule has 0 aliphatic carbocycles. The van der Waals surface area contributed by atoms with Crippen LogP contribution in [0.2, 0.25) is 0 Å². The van der Waals surface area contributed by atoms with Gasteiger partial charge in [0.2, 0.25) is 0 Å². The number of hydrogen-bond acceptors (Lipinski definition) is 4. The molecule has 2 heterocycles. The van der Waals surface area contributed by atoms with Crippen molar-refractivity contribution in [1.82, 2.24) is 14.8 Å². The Labute approximate surface area is 131 Å². The van der Waals surface area contributed by atoms with Crippen LogP contribution in [0.1, 0.15) is 5.56 Å². The van der Waals surface area contributed by atoms with Gasteiger partial charge in [-0.2, -0.15) is 10.4 Å². The number of hydrogen-bond donors (Lipinski definition) is 1. The number of aromatic amines is 1. The fourth-order valence-corrected chi connectivity index (χ4v) is 2.29. The monoisotopic (exact) mass is 304 g/mol. The van der Waals surface area contributed by atoms with Crippen LogP contribution >= 0.6 is 0 Å². The van der Waals surface area contributed by atoms with Crippen LogP contribution in [0.3, 0.4) is 0 Å². The molecule has 3 aromatic rings. The van der Waals surface area contributed by atoms with E-state index in [1.54, 1.807) is 13.1 Å². The minimum Gasteiger partial charge on any atom is -0.320 e. The maximum Gasteiger partial charge on any atom is 0.266 e. The molecule has 0 fully saturated rings. The highest BCUT2D eigenvalue weighted by molar-refractivity contribution is 5.79. The van der Waals surface area contributed by atoms with Gasteiger partial charge in [0.25, 0.3) is 11.1 Å². The third-order valence-electron chi connectivity index (χ3n) is 3.46. The van der Waals surface area contributed by atoms with Gasteiger partial charge in [0, 0.05) is 18.7 Å². The largest absolute Gasteiger partial charge is 0.320 e. The Morgan fingerprint density at radius 2 is 1.87 bits per heavy atom. The number of nitriles is 1. The predicted molar refractivity (Wildman–Crippen MR) is 85.7 cm³/mol. The van der Waals surface area contributed by atoms with E-state index in [0.29, 0.717) is 17.0 Å². The Morgan fingerprint density at radius 3 is 2.52 bits per heavy atom. The van der Waals surface area contributed by atoms with Gasteiger partial charge in [-0.05, 0) is 17.7 Å². The van der Waals surface area contributed by atoms with E-state index in [0.717, 1.165) is 5.56 Å². The standard InChI is InChI=1S/C17H12N4O2/c1-21-15(22)8-7-14(20-21)13-9-12(10-18)17(23)19-16(13)11-5-3-2-4-6-11/h2-9H,1H3,(H,19,23). The highest BCUT2D eigenvalue weighted by Gasteiger charge is 2.13. The van der Waals surface area contributed by atoms with Crippen molar-refractivity contribution in [3.05, 3.63) is 74.8 Å². The topological polar surface area (TPSA) is 91.5 Å². The second kappa shape index (κ2) is 5.73. The number of benzene rings is 1. The first kappa shape index (κ1) is 14.5. The van der Waals surface area contributed by atoms with Crippen molar-refractivity contribution in [2.24, 2.45) is 7.05 Å². The highest BCUT2D eigenvalue weighted by Crippen LogP contribution is 2.28. The minimum absolute atomic E-state index is 0.00432. The number of aromatic nitrogens is 3. The van der Waals surface area contributed by atoms with Crippen LogP contribution in [0.15, 0.2) is 58.1 Å². The molecule has 23 heavy (non-hydrogen) atoms. The quantitative estimate of drug-likeness (QED) is 0.779. The van der Waals surface area contributed by atoms with Crippen LogP contribution in [0.25, 0.3) is 22.5 Å². The van der Waals surface area contributed by atoms with Crippen molar-refractivity contribution >= 4 is 0 Å². The van der Waals surface area contributed by atoms with Crippen LogP contribution in [-0.2, 0) is 7.05 Å². The number of H-pyrrole nitrogens is 1. The van der Waals surface area contributed by atoms with Gasteiger partial charge in [0.05, 0.1) is 11.4 Å². The smallest absolute Gasteiger partial charge is 0.266 e. The summed E-state index contributed by atoms with van der Waals surface area (Å²) in [5.74, 6) is 0. The van der Waals surface area contributed by atoms with Crippen LogP contribution in [0.4, 0.5) is 0 Å². The number of nitrogens with zero attached hydrogens (tertiary/aromatic N) is 3. The van der Waals surface area contributed by atoms with Crippen molar-refractivity contribution in [3.63, 3.8) is 0 Å². The van der Waals surface area contributed by atoms with Crippen molar-refractivity contribution < 1.29 is 0 Å². The summed E-state index contributed by atoms with van der Waals surface area (Å²) in [4.78, 5) is 26.3. The molecule has 2 aromatic heterocycles. The highest BCUT2D eigenvalue weighted by atomic mass is 16.1. The van der Waals surface area contributed by atoms with Gasteiger partial charge in [-0.25, -0.2) is 4.68 Å². The van der Waals surface area contributed by atoms with E-state index in [4.69, 9.17) is 5.26 Å². The van der Waals surface area contributed by atoms with E-state index in [2.05, 4.69) is 10.1 Å². The van der Waals surface area contributed by atoms with Crippen molar-refractivity contribution in [1.29, 1.82) is 5.26 Å². The summed E-state index contributed by atoms with van der Waals surface area (Å²) in [6, 6.07) is 15.6. The van der Waals surface area contributed by atoms with E-state index >= 15 is 0 Å². The molecule has 0 saturated heterocycles. The Balaban J connectivity index is 2.34. The zero-order valence-electron chi connectivity index (χ0n) is 12.3. The summed E-state index contributed by atoms with van der Waals surface area (Å²) in [6.07, 6.45) is 0. The lowest BCUT2D eigenvalue weighted by molar-refractivity contribution is 0.712. The summed E-state index contributed by atoms with van der Waals surface area (Å²) in [5, 5.41) is 13.3. The van der Waals surface area contributed by atoms with E-state index < -0.39 is 5.56 Å². The molecule has 1 N–H and O–H groups in total. The van der Waals surface area contributed by atoms with E-state index in [1.165, 1.54) is 16.8 Å². The Kier molecular flexibility index (Phi) is 3.61. The molecule has 0 aliphatic heterocycles. The summed E-state index contributed by atoms with van der Waals surface area (Å²) in [6.45, 7) is 0. The molecule has 0 bridgehead atoms. The number of rotatable bonds is 2. The van der Waals surface area contributed by atoms with Crippen LogP contribution in [0.5, 0.6) is 0 Å². The van der Waals surface area contributed by atoms with Crippen LogP contribution < -0.4 is 11.1 Å². The summed E-state index contributed by atoms with van der Waals surface area (Å²) in [5.41, 5.74) is 1.73. The Morgan fingerprint density at radius 1 is 1.13 bits per heavy atom. The van der Waals surface area contributed by atoms with Gasteiger partial charge < -0.3 is 4.98 Å². The molecule has 0 unspecified atom stereocenters. The molecule has 0 saturated carbocycles. The van der Waals surface area contributed by atoms with Crippen molar-refractivity contribution in [2.45, 2.75) is 0 Å². The molecule has 1 aromatic carbocycles. The van der Waals surface area contributed by atoms with E-state index in [1.807, 2.05) is 36.4 Å². The zero-order valence-corrected chi connectivity index (χ0v) is 12.3. The summed E-state index contributed by atoms with van der Waals surface area (Å²) < 4.78 is 1.21. The van der Waals surface area contributed by atoms with Crippen LogP contribution in [0, 0.1) is 11.3 Å².